The van der Waals surface area contributed by atoms with Crippen molar-refractivity contribution in [3.63, 3.8) is 0 Å². The highest BCUT2D eigenvalue weighted by Gasteiger charge is 2.04. The molecule has 4 nitrogen and oxygen atoms in total. The smallest absolute Gasteiger partial charge is 0.269 e. The number of nitrogens with one attached hydrogen (secondary N) is 1. The van der Waals surface area contributed by atoms with Gasteiger partial charge < -0.3 is 10.4 Å². The molecule has 4 heteroatoms. The molecule has 0 fully saturated rings. The van der Waals surface area contributed by atoms with Gasteiger partial charge in [0.25, 0.3) is 5.91 Å². The molecular weight excluding hydrogens is 168 g/mol. The van der Waals surface area contributed by atoms with Crippen LogP contribution in [0.5, 0.6) is 5.75 Å². The Kier molecular flexibility index (Phi) is 3.25. The lowest BCUT2D eigenvalue weighted by molar-refractivity contribution is 0.0948. The lowest BCUT2D eigenvalue weighted by atomic mass is 10.3. The molecule has 13 heavy (non-hydrogen) atoms. The van der Waals surface area contributed by atoms with Crippen LogP contribution in [0.1, 0.15) is 23.8 Å². The van der Waals surface area contributed by atoms with Crippen molar-refractivity contribution in [3.8, 4) is 5.75 Å². The van der Waals surface area contributed by atoms with E-state index in [0.29, 0.717) is 12.2 Å². The summed E-state index contributed by atoms with van der Waals surface area (Å²) in [6.07, 6.45) is 2.14. The van der Waals surface area contributed by atoms with E-state index in [2.05, 4.69) is 10.3 Å². The Bertz CT molecular complexity index is 282. The molecule has 0 aliphatic heterocycles. The third-order valence-electron chi connectivity index (χ3n) is 1.52. The van der Waals surface area contributed by atoms with Crippen LogP contribution >= 0.6 is 0 Å². The minimum Gasteiger partial charge on any atom is -0.506 e. The zero-order chi connectivity index (χ0) is 9.68. The molecule has 0 aliphatic carbocycles. The average Bonchev–Trinajstić information content (AvgIpc) is 2.15. The van der Waals surface area contributed by atoms with Crippen LogP contribution in [0.2, 0.25) is 0 Å². The molecule has 0 bridgehead atoms. The Balaban J connectivity index is 2.61. The zero-order valence-corrected chi connectivity index (χ0v) is 7.45. The van der Waals surface area contributed by atoms with E-state index in [1.54, 1.807) is 0 Å². The van der Waals surface area contributed by atoms with Gasteiger partial charge in [-0.15, -0.1) is 0 Å². The standard InChI is InChI=1S/C9H12N2O2/c1-2-5-10-9(13)8-4-3-7(12)6-11-8/h3-4,6,12H,2,5H2,1H3,(H,10,13). The maximum Gasteiger partial charge on any atom is 0.269 e. The summed E-state index contributed by atoms with van der Waals surface area (Å²) in [5.41, 5.74) is 0.325. The monoisotopic (exact) mass is 180 g/mol. The molecule has 1 heterocycles. The predicted octanol–water partition coefficient (Wildman–Crippen LogP) is 0.927. The number of hydrogen-bond acceptors (Lipinski definition) is 3. The van der Waals surface area contributed by atoms with Crippen LogP contribution < -0.4 is 5.32 Å². The van der Waals surface area contributed by atoms with E-state index in [4.69, 9.17) is 5.11 Å². The van der Waals surface area contributed by atoms with Crippen LogP contribution in [0.15, 0.2) is 18.3 Å². The Morgan fingerprint density at radius 3 is 2.92 bits per heavy atom. The first-order valence-corrected chi connectivity index (χ1v) is 4.17. The molecule has 0 unspecified atom stereocenters. The Labute approximate surface area is 76.6 Å². The predicted molar refractivity (Wildman–Crippen MR) is 48.5 cm³/mol. The maximum atomic E-state index is 11.3. The Morgan fingerprint density at radius 2 is 2.38 bits per heavy atom. The second-order valence-corrected chi connectivity index (χ2v) is 2.66. The van der Waals surface area contributed by atoms with Gasteiger partial charge in [-0.2, -0.15) is 0 Å². The van der Waals surface area contributed by atoms with E-state index in [0.717, 1.165) is 6.42 Å². The normalized spacial score (nSPS) is 9.62. The van der Waals surface area contributed by atoms with Crippen LogP contribution in [0.4, 0.5) is 0 Å². The van der Waals surface area contributed by atoms with Crippen molar-refractivity contribution in [2.45, 2.75) is 13.3 Å². The van der Waals surface area contributed by atoms with Crippen molar-refractivity contribution in [3.05, 3.63) is 24.0 Å². The average molecular weight is 180 g/mol. The number of aromatic nitrogens is 1. The van der Waals surface area contributed by atoms with Gasteiger partial charge in [-0.25, -0.2) is 4.98 Å². The maximum absolute atomic E-state index is 11.3. The van der Waals surface area contributed by atoms with Crippen molar-refractivity contribution in [2.75, 3.05) is 6.54 Å². The summed E-state index contributed by atoms with van der Waals surface area (Å²) in [6.45, 7) is 2.62. The van der Waals surface area contributed by atoms with E-state index in [1.165, 1.54) is 18.3 Å². The number of nitrogens with zero attached hydrogens (tertiary/aromatic N) is 1. The van der Waals surface area contributed by atoms with Crippen LogP contribution in [0.25, 0.3) is 0 Å². The van der Waals surface area contributed by atoms with Crippen molar-refractivity contribution in [2.24, 2.45) is 0 Å². The molecule has 0 saturated carbocycles. The van der Waals surface area contributed by atoms with Gasteiger partial charge in [0.1, 0.15) is 11.4 Å². The molecule has 1 aromatic heterocycles. The van der Waals surface area contributed by atoms with Gasteiger partial charge in [0.05, 0.1) is 6.20 Å². The fraction of sp³-hybridized carbons (Fsp3) is 0.333. The highest BCUT2D eigenvalue weighted by Crippen LogP contribution is 2.05. The summed E-state index contributed by atoms with van der Waals surface area (Å²) >= 11 is 0. The Hall–Kier alpha value is -1.58. The number of carbonyl (C=O) groups excluding carboxylic acids is 1. The molecule has 0 saturated heterocycles. The highest BCUT2D eigenvalue weighted by atomic mass is 16.3. The van der Waals surface area contributed by atoms with Crippen molar-refractivity contribution >= 4 is 5.91 Å². The molecule has 1 rings (SSSR count). The van der Waals surface area contributed by atoms with Crippen LogP contribution in [0, 0.1) is 0 Å². The van der Waals surface area contributed by atoms with Crippen LogP contribution in [-0.2, 0) is 0 Å². The number of amides is 1. The van der Waals surface area contributed by atoms with Gasteiger partial charge in [-0.05, 0) is 18.6 Å². The third-order valence-corrected chi connectivity index (χ3v) is 1.52. The number of rotatable bonds is 3. The second kappa shape index (κ2) is 4.45. The van der Waals surface area contributed by atoms with Crippen molar-refractivity contribution in [1.82, 2.24) is 10.3 Å². The van der Waals surface area contributed by atoms with Gasteiger partial charge in [0, 0.05) is 6.54 Å². The first-order valence-electron chi connectivity index (χ1n) is 4.17. The minimum absolute atomic E-state index is 0.0621. The summed E-state index contributed by atoms with van der Waals surface area (Å²) in [6, 6.07) is 2.92. The minimum atomic E-state index is -0.207. The van der Waals surface area contributed by atoms with Gasteiger partial charge in [-0.1, -0.05) is 6.92 Å². The number of aromatic hydroxyl groups is 1. The fourth-order valence-electron chi connectivity index (χ4n) is 0.849. The zero-order valence-electron chi connectivity index (χ0n) is 7.45. The number of hydrogen-bond donors (Lipinski definition) is 2. The summed E-state index contributed by atoms with van der Waals surface area (Å²) in [4.78, 5) is 15.0. The first-order chi connectivity index (χ1) is 6.24. The lowest BCUT2D eigenvalue weighted by Gasteiger charge is -2.01. The molecule has 1 aromatic rings. The van der Waals surface area contributed by atoms with E-state index in [1.807, 2.05) is 6.92 Å². The summed E-state index contributed by atoms with van der Waals surface area (Å²) in [5.74, 6) is -0.145. The first kappa shape index (κ1) is 9.51. The van der Waals surface area contributed by atoms with Gasteiger partial charge >= 0.3 is 0 Å². The van der Waals surface area contributed by atoms with Crippen LogP contribution in [0.3, 0.4) is 0 Å². The molecule has 1 amide bonds. The lowest BCUT2D eigenvalue weighted by Crippen LogP contribution is -2.24. The van der Waals surface area contributed by atoms with E-state index in [9.17, 15) is 4.79 Å². The fourth-order valence-corrected chi connectivity index (χ4v) is 0.849. The molecule has 0 radical (unpaired) electrons. The quantitative estimate of drug-likeness (QED) is 0.727. The molecule has 0 aromatic carbocycles. The molecule has 0 spiro atoms. The topological polar surface area (TPSA) is 62.2 Å². The van der Waals surface area contributed by atoms with Gasteiger partial charge in [-0.3, -0.25) is 4.79 Å². The number of pyridine rings is 1. The van der Waals surface area contributed by atoms with Crippen LogP contribution in [-0.4, -0.2) is 22.5 Å². The molecule has 70 valence electrons. The van der Waals surface area contributed by atoms with Crippen molar-refractivity contribution < 1.29 is 9.90 Å². The van der Waals surface area contributed by atoms with Crippen molar-refractivity contribution in [1.29, 1.82) is 0 Å². The Morgan fingerprint density at radius 1 is 1.62 bits per heavy atom. The van der Waals surface area contributed by atoms with Gasteiger partial charge in [0.15, 0.2) is 0 Å². The third kappa shape index (κ3) is 2.74. The molecule has 2 N–H and O–H groups in total. The largest absolute Gasteiger partial charge is 0.506 e. The van der Waals surface area contributed by atoms with E-state index < -0.39 is 0 Å². The SMILES string of the molecule is CCCNC(=O)c1ccc(O)cn1. The molecular formula is C9H12N2O2. The van der Waals surface area contributed by atoms with E-state index >= 15 is 0 Å². The number of carbonyl (C=O) groups is 1. The summed E-state index contributed by atoms with van der Waals surface area (Å²) in [7, 11) is 0. The van der Waals surface area contributed by atoms with Gasteiger partial charge in [0.2, 0.25) is 0 Å². The summed E-state index contributed by atoms with van der Waals surface area (Å²) < 4.78 is 0. The summed E-state index contributed by atoms with van der Waals surface area (Å²) in [5, 5.41) is 11.6. The van der Waals surface area contributed by atoms with E-state index in [-0.39, 0.29) is 11.7 Å². The molecule has 0 aliphatic rings. The molecule has 0 atom stereocenters. The second-order valence-electron chi connectivity index (χ2n) is 2.66. The highest BCUT2D eigenvalue weighted by molar-refractivity contribution is 5.92.